The van der Waals surface area contributed by atoms with Gasteiger partial charge in [-0.15, -0.1) is 0 Å². The third kappa shape index (κ3) is 2.31. The van der Waals surface area contributed by atoms with Crippen molar-refractivity contribution < 1.29 is 4.79 Å². The Hall–Kier alpha value is -1.81. The lowest BCUT2D eigenvalue weighted by Crippen LogP contribution is -2.22. The molecule has 0 heterocycles. The molecule has 0 bridgehead atoms. The van der Waals surface area contributed by atoms with Gasteiger partial charge in [0, 0.05) is 18.2 Å². The van der Waals surface area contributed by atoms with E-state index in [9.17, 15) is 4.79 Å². The fourth-order valence-electron chi connectivity index (χ4n) is 1.26. The molecule has 1 aliphatic rings. The summed E-state index contributed by atoms with van der Waals surface area (Å²) < 4.78 is 0. The van der Waals surface area contributed by atoms with E-state index < -0.39 is 0 Å². The molecule has 0 aromatic heterocycles. The molecule has 0 saturated carbocycles. The number of ketones is 1. The average molecular weight is 175 g/mol. The molecule has 0 fully saturated rings. The quantitative estimate of drug-likeness (QED) is 0.588. The Morgan fingerprint density at radius 3 is 2.31 bits per heavy atom. The molecular formula is C9H9N3O. The van der Waals surface area contributed by atoms with Crippen molar-refractivity contribution in [3.05, 3.63) is 11.8 Å². The summed E-state index contributed by atoms with van der Waals surface area (Å²) >= 11 is 0. The first-order valence-electron chi connectivity index (χ1n) is 4.00. The summed E-state index contributed by atoms with van der Waals surface area (Å²) in [5.74, 6) is 0.0795. The van der Waals surface area contributed by atoms with Crippen molar-refractivity contribution in [1.29, 1.82) is 10.5 Å². The van der Waals surface area contributed by atoms with Gasteiger partial charge in [-0.25, -0.2) is 0 Å². The first-order valence-corrected chi connectivity index (χ1v) is 4.00. The van der Waals surface area contributed by atoms with E-state index in [0.717, 1.165) is 5.70 Å². The van der Waals surface area contributed by atoms with Crippen LogP contribution in [0.3, 0.4) is 0 Å². The molecule has 0 saturated heterocycles. The largest absolute Gasteiger partial charge is 0.348 e. The standard InChI is InChI=1S/C9H9N3O/c10-3-5-12(6-4-11)8-1-2-9(13)7-8/h7H,1-2,5-6H2. The molecule has 0 atom stereocenters. The second kappa shape index (κ2) is 4.27. The van der Waals surface area contributed by atoms with Crippen LogP contribution in [0.1, 0.15) is 12.8 Å². The van der Waals surface area contributed by atoms with Crippen LogP contribution in [0.2, 0.25) is 0 Å². The van der Waals surface area contributed by atoms with E-state index in [-0.39, 0.29) is 18.9 Å². The highest BCUT2D eigenvalue weighted by Gasteiger charge is 2.17. The van der Waals surface area contributed by atoms with E-state index in [1.807, 2.05) is 12.1 Å². The molecule has 13 heavy (non-hydrogen) atoms. The molecule has 1 rings (SSSR count). The summed E-state index contributed by atoms with van der Waals surface area (Å²) in [7, 11) is 0. The topological polar surface area (TPSA) is 67.9 Å². The SMILES string of the molecule is N#CCN(CC#N)C1=CC(=O)CC1. The highest BCUT2D eigenvalue weighted by molar-refractivity contribution is 5.92. The second-order valence-electron chi connectivity index (χ2n) is 2.77. The van der Waals surface area contributed by atoms with E-state index in [4.69, 9.17) is 10.5 Å². The first-order chi connectivity index (χ1) is 6.27. The molecule has 1 aliphatic carbocycles. The molecule has 0 N–H and O–H groups in total. The maximum atomic E-state index is 10.9. The van der Waals surface area contributed by atoms with Gasteiger partial charge in [0.05, 0.1) is 12.1 Å². The Morgan fingerprint density at radius 2 is 1.92 bits per heavy atom. The highest BCUT2D eigenvalue weighted by Crippen LogP contribution is 2.18. The summed E-state index contributed by atoms with van der Waals surface area (Å²) in [6.07, 6.45) is 2.68. The van der Waals surface area contributed by atoms with Crippen LogP contribution in [-0.2, 0) is 4.79 Å². The maximum absolute atomic E-state index is 10.9. The molecule has 0 spiro atoms. The molecule has 0 unspecified atom stereocenters. The van der Waals surface area contributed by atoms with Crippen molar-refractivity contribution >= 4 is 5.78 Å². The van der Waals surface area contributed by atoms with Crippen LogP contribution >= 0.6 is 0 Å². The third-order valence-corrected chi connectivity index (χ3v) is 1.88. The predicted molar refractivity (Wildman–Crippen MR) is 45.1 cm³/mol. The van der Waals surface area contributed by atoms with Crippen molar-refractivity contribution in [2.75, 3.05) is 13.1 Å². The number of allylic oxidation sites excluding steroid dienone is 2. The summed E-state index contributed by atoms with van der Waals surface area (Å²) in [4.78, 5) is 12.5. The van der Waals surface area contributed by atoms with Gasteiger partial charge in [-0.3, -0.25) is 4.79 Å². The van der Waals surface area contributed by atoms with Gasteiger partial charge in [-0.05, 0) is 6.42 Å². The Balaban J connectivity index is 2.66. The van der Waals surface area contributed by atoms with Gasteiger partial charge in [-0.2, -0.15) is 10.5 Å². The minimum Gasteiger partial charge on any atom is -0.348 e. The van der Waals surface area contributed by atoms with Crippen LogP contribution in [0.4, 0.5) is 0 Å². The van der Waals surface area contributed by atoms with Crippen LogP contribution < -0.4 is 0 Å². The number of rotatable bonds is 3. The number of hydrogen-bond acceptors (Lipinski definition) is 4. The van der Waals surface area contributed by atoms with Crippen molar-refractivity contribution in [3.8, 4) is 12.1 Å². The van der Waals surface area contributed by atoms with Crippen LogP contribution in [0, 0.1) is 22.7 Å². The molecule has 66 valence electrons. The normalized spacial score (nSPS) is 14.6. The zero-order chi connectivity index (χ0) is 9.68. The summed E-state index contributed by atoms with van der Waals surface area (Å²) in [5.41, 5.74) is 0.813. The number of carbonyl (C=O) groups excluding carboxylic acids is 1. The second-order valence-corrected chi connectivity index (χ2v) is 2.77. The van der Waals surface area contributed by atoms with Crippen molar-refractivity contribution in [2.45, 2.75) is 12.8 Å². The number of nitriles is 2. The summed E-state index contributed by atoms with van der Waals surface area (Å²) in [5, 5.41) is 17.0. The molecule has 0 amide bonds. The van der Waals surface area contributed by atoms with E-state index in [1.54, 1.807) is 4.90 Å². The van der Waals surface area contributed by atoms with E-state index in [0.29, 0.717) is 12.8 Å². The Bertz CT molecular complexity index is 303. The molecular weight excluding hydrogens is 166 g/mol. The van der Waals surface area contributed by atoms with Gasteiger partial charge in [0.1, 0.15) is 13.1 Å². The molecule has 4 heteroatoms. The fraction of sp³-hybridized carbons (Fsp3) is 0.444. The number of hydrogen-bond donors (Lipinski definition) is 0. The average Bonchev–Trinajstić information content (AvgIpc) is 2.51. The molecule has 0 radical (unpaired) electrons. The fourth-order valence-corrected chi connectivity index (χ4v) is 1.26. The monoisotopic (exact) mass is 175 g/mol. The van der Waals surface area contributed by atoms with Crippen LogP contribution in [0.25, 0.3) is 0 Å². The van der Waals surface area contributed by atoms with E-state index in [2.05, 4.69) is 0 Å². The van der Waals surface area contributed by atoms with E-state index in [1.165, 1.54) is 6.08 Å². The number of nitrogens with zero attached hydrogens (tertiary/aromatic N) is 3. The lowest BCUT2D eigenvalue weighted by atomic mass is 10.3. The van der Waals surface area contributed by atoms with Gasteiger partial charge < -0.3 is 4.90 Å². The minimum absolute atomic E-state index is 0.0795. The van der Waals surface area contributed by atoms with Crippen LogP contribution in [-0.4, -0.2) is 23.8 Å². The van der Waals surface area contributed by atoms with Gasteiger partial charge in [0.15, 0.2) is 5.78 Å². The Morgan fingerprint density at radius 1 is 1.31 bits per heavy atom. The third-order valence-electron chi connectivity index (χ3n) is 1.88. The van der Waals surface area contributed by atoms with Crippen molar-refractivity contribution in [2.24, 2.45) is 0 Å². The molecule has 0 aromatic rings. The van der Waals surface area contributed by atoms with Gasteiger partial charge >= 0.3 is 0 Å². The Labute approximate surface area is 76.7 Å². The smallest absolute Gasteiger partial charge is 0.157 e. The van der Waals surface area contributed by atoms with Gasteiger partial charge in [-0.1, -0.05) is 0 Å². The Kier molecular flexibility index (Phi) is 3.05. The van der Waals surface area contributed by atoms with Crippen LogP contribution in [0.5, 0.6) is 0 Å². The predicted octanol–water partition coefficient (Wildman–Crippen LogP) is 0.582. The lowest BCUT2D eigenvalue weighted by molar-refractivity contribution is -0.114. The van der Waals surface area contributed by atoms with Crippen LogP contribution in [0.15, 0.2) is 11.8 Å². The maximum Gasteiger partial charge on any atom is 0.157 e. The molecule has 0 aromatic carbocycles. The minimum atomic E-state index is 0.0795. The zero-order valence-electron chi connectivity index (χ0n) is 7.16. The van der Waals surface area contributed by atoms with Crippen molar-refractivity contribution in [1.82, 2.24) is 4.90 Å². The molecule has 4 nitrogen and oxygen atoms in total. The zero-order valence-corrected chi connectivity index (χ0v) is 7.16. The summed E-state index contributed by atoms with van der Waals surface area (Å²) in [6, 6.07) is 3.93. The molecule has 0 aliphatic heterocycles. The lowest BCUT2D eigenvalue weighted by Gasteiger charge is -2.18. The summed E-state index contributed by atoms with van der Waals surface area (Å²) in [6.45, 7) is 0.347. The highest BCUT2D eigenvalue weighted by atomic mass is 16.1. The van der Waals surface area contributed by atoms with Gasteiger partial charge in [0.2, 0.25) is 0 Å². The van der Waals surface area contributed by atoms with Gasteiger partial charge in [0.25, 0.3) is 0 Å². The first kappa shape index (κ1) is 9.28. The van der Waals surface area contributed by atoms with Crippen molar-refractivity contribution in [3.63, 3.8) is 0 Å². The van der Waals surface area contributed by atoms with E-state index >= 15 is 0 Å². The number of carbonyl (C=O) groups is 1.